The maximum absolute atomic E-state index is 10.7. The monoisotopic (exact) mass is 269 g/mol. The predicted octanol–water partition coefficient (Wildman–Crippen LogP) is -0.764. The Bertz CT molecular complexity index is 448. The Morgan fingerprint density at radius 2 is 1.79 bits per heavy atom. The van der Waals surface area contributed by atoms with E-state index in [1.807, 2.05) is 0 Å². The molecule has 0 radical (unpaired) electrons. The van der Waals surface area contributed by atoms with E-state index in [0.717, 1.165) is 0 Å². The normalized spacial score (nSPS) is 30.9. The number of anilines is 1. The fraction of sp³-hybridized carbons (Fsp3) is 0.417. The molecular formula is C12H15NO6. The molecular weight excluding hydrogens is 254 g/mol. The van der Waals surface area contributed by atoms with Crippen LogP contribution in [-0.4, -0.2) is 57.5 Å². The van der Waals surface area contributed by atoms with Crippen LogP contribution in [0.2, 0.25) is 0 Å². The third-order valence-electron chi connectivity index (χ3n) is 2.94. The first-order valence-corrected chi connectivity index (χ1v) is 5.74. The molecule has 1 aromatic carbocycles. The van der Waals surface area contributed by atoms with Crippen LogP contribution >= 0.6 is 0 Å². The van der Waals surface area contributed by atoms with Crippen LogP contribution in [0.1, 0.15) is 10.4 Å². The lowest BCUT2D eigenvalue weighted by Crippen LogP contribution is -2.55. The second-order valence-corrected chi connectivity index (χ2v) is 4.33. The summed E-state index contributed by atoms with van der Waals surface area (Å²) in [5.41, 5.74) is 0.684. The minimum Gasteiger partial charge on any atom is -0.478 e. The number of rotatable bonds is 3. The molecule has 1 saturated heterocycles. The van der Waals surface area contributed by atoms with Gasteiger partial charge in [0.1, 0.15) is 18.3 Å². The number of benzene rings is 1. The van der Waals surface area contributed by atoms with Crippen LogP contribution in [-0.2, 0) is 4.74 Å². The molecule has 1 aliphatic rings. The molecule has 0 bridgehead atoms. The number of hydrogen-bond donors (Lipinski definition) is 5. The van der Waals surface area contributed by atoms with Gasteiger partial charge in [-0.15, -0.1) is 0 Å². The van der Waals surface area contributed by atoms with E-state index in [4.69, 9.17) is 9.84 Å². The lowest BCUT2D eigenvalue weighted by Gasteiger charge is -2.35. The molecule has 5 N–H and O–H groups in total. The van der Waals surface area contributed by atoms with Gasteiger partial charge >= 0.3 is 5.97 Å². The van der Waals surface area contributed by atoms with Gasteiger partial charge in [0.05, 0.1) is 12.2 Å². The number of carboxylic acid groups (broad SMARTS) is 1. The van der Waals surface area contributed by atoms with Crippen molar-refractivity contribution >= 4 is 11.7 Å². The van der Waals surface area contributed by atoms with E-state index < -0.39 is 30.5 Å². The zero-order valence-corrected chi connectivity index (χ0v) is 9.93. The predicted molar refractivity (Wildman–Crippen MR) is 64.8 cm³/mol. The quantitative estimate of drug-likeness (QED) is 0.489. The molecule has 19 heavy (non-hydrogen) atoms. The van der Waals surface area contributed by atoms with Crippen molar-refractivity contribution in [2.45, 2.75) is 24.5 Å². The summed E-state index contributed by atoms with van der Waals surface area (Å²) in [5, 5.41) is 40.1. The SMILES string of the molecule is O=C(O)c1ccc(N[C@@H]2OC[C@@H](O)[C@H](O)[C@@H]2O)cc1. The summed E-state index contributed by atoms with van der Waals surface area (Å²) in [6.07, 6.45) is -4.55. The molecule has 0 saturated carbocycles. The van der Waals surface area contributed by atoms with Crippen molar-refractivity contribution in [1.29, 1.82) is 0 Å². The number of ether oxygens (including phenoxy) is 1. The van der Waals surface area contributed by atoms with Gasteiger partial charge in [-0.25, -0.2) is 4.79 Å². The number of carboxylic acids is 1. The van der Waals surface area contributed by atoms with E-state index in [2.05, 4.69) is 5.32 Å². The Balaban J connectivity index is 2.03. The lowest BCUT2D eigenvalue weighted by atomic mass is 10.0. The van der Waals surface area contributed by atoms with Crippen LogP contribution < -0.4 is 5.32 Å². The third kappa shape index (κ3) is 3.02. The Hall–Kier alpha value is -1.67. The van der Waals surface area contributed by atoms with Crippen LogP contribution in [0.4, 0.5) is 5.69 Å². The average Bonchev–Trinajstić information content (AvgIpc) is 2.40. The minimum atomic E-state index is -1.29. The topological polar surface area (TPSA) is 119 Å². The molecule has 104 valence electrons. The van der Waals surface area contributed by atoms with Crippen LogP contribution in [0, 0.1) is 0 Å². The number of aromatic carboxylic acids is 1. The standard InChI is InChI=1S/C12H15NO6/c14-8-5-19-11(10(16)9(8)15)13-7-3-1-6(2-4-7)12(17)18/h1-4,8-11,13-16H,5H2,(H,17,18)/t8-,9+,10+,11-/m1/s1. The van der Waals surface area contributed by atoms with Gasteiger partial charge in [-0.3, -0.25) is 0 Å². The summed E-state index contributed by atoms with van der Waals surface area (Å²) in [7, 11) is 0. The van der Waals surface area contributed by atoms with Crippen LogP contribution in [0.3, 0.4) is 0 Å². The summed E-state index contributed by atoms with van der Waals surface area (Å²) in [6.45, 7) is -0.0941. The molecule has 0 aromatic heterocycles. The van der Waals surface area contributed by atoms with Gasteiger partial charge in [0.15, 0.2) is 6.23 Å². The maximum Gasteiger partial charge on any atom is 0.335 e. The Kier molecular flexibility index (Phi) is 4.01. The largest absolute Gasteiger partial charge is 0.478 e. The Labute approximate surface area is 109 Å². The summed E-state index contributed by atoms with van der Waals surface area (Å²) in [4.78, 5) is 10.7. The van der Waals surface area contributed by atoms with Crippen molar-refractivity contribution in [3.05, 3.63) is 29.8 Å². The van der Waals surface area contributed by atoms with Crippen molar-refractivity contribution in [2.75, 3.05) is 11.9 Å². The first kappa shape index (κ1) is 13.8. The van der Waals surface area contributed by atoms with Gasteiger partial charge in [-0.1, -0.05) is 0 Å². The van der Waals surface area contributed by atoms with Crippen molar-refractivity contribution in [2.24, 2.45) is 0 Å². The number of aliphatic hydroxyl groups excluding tert-OH is 3. The molecule has 7 nitrogen and oxygen atoms in total. The number of carbonyl (C=O) groups is 1. The zero-order chi connectivity index (χ0) is 14.0. The molecule has 0 spiro atoms. The van der Waals surface area contributed by atoms with E-state index in [9.17, 15) is 20.1 Å². The zero-order valence-electron chi connectivity index (χ0n) is 9.93. The van der Waals surface area contributed by atoms with E-state index in [1.165, 1.54) is 24.3 Å². The van der Waals surface area contributed by atoms with Crippen LogP contribution in [0.25, 0.3) is 0 Å². The second-order valence-electron chi connectivity index (χ2n) is 4.33. The molecule has 7 heteroatoms. The van der Waals surface area contributed by atoms with Gasteiger partial charge in [-0.2, -0.15) is 0 Å². The number of hydrogen-bond acceptors (Lipinski definition) is 6. The van der Waals surface area contributed by atoms with Gasteiger partial charge in [0.25, 0.3) is 0 Å². The number of aliphatic hydroxyl groups is 3. The molecule has 1 heterocycles. The summed E-state index contributed by atoms with van der Waals surface area (Å²) in [5.74, 6) is -1.03. The fourth-order valence-electron chi connectivity index (χ4n) is 1.81. The summed E-state index contributed by atoms with van der Waals surface area (Å²) in [6, 6.07) is 5.87. The molecule has 1 aliphatic heterocycles. The van der Waals surface area contributed by atoms with Crippen molar-refractivity contribution < 1.29 is 30.0 Å². The highest BCUT2D eigenvalue weighted by Crippen LogP contribution is 2.19. The maximum atomic E-state index is 10.7. The summed E-state index contributed by atoms with van der Waals surface area (Å²) < 4.78 is 5.17. The molecule has 1 fully saturated rings. The highest BCUT2D eigenvalue weighted by atomic mass is 16.5. The van der Waals surface area contributed by atoms with Crippen molar-refractivity contribution in [3.63, 3.8) is 0 Å². The van der Waals surface area contributed by atoms with E-state index in [0.29, 0.717) is 5.69 Å². The van der Waals surface area contributed by atoms with Gasteiger partial charge < -0.3 is 30.5 Å². The molecule has 0 aliphatic carbocycles. The van der Waals surface area contributed by atoms with Gasteiger partial charge in [-0.05, 0) is 24.3 Å². The van der Waals surface area contributed by atoms with Crippen LogP contribution in [0.5, 0.6) is 0 Å². The Morgan fingerprint density at radius 1 is 1.16 bits per heavy atom. The molecule has 2 rings (SSSR count). The van der Waals surface area contributed by atoms with E-state index >= 15 is 0 Å². The lowest BCUT2D eigenvalue weighted by molar-refractivity contribution is -0.178. The van der Waals surface area contributed by atoms with E-state index in [1.54, 1.807) is 0 Å². The first-order chi connectivity index (χ1) is 8.99. The summed E-state index contributed by atoms with van der Waals surface area (Å²) >= 11 is 0. The average molecular weight is 269 g/mol. The minimum absolute atomic E-state index is 0.0941. The van der Waals surface area contributed by atoms with Crippen molar-refractivity contribution in [1.82, 2.24) is 0 Å². The number of nitrogens with one attached hydrogen (secondary N) is 1. The van der Waals surface area contributed by atoms with Gasteiger partial charge in [0, 0.05) is 5.69 Å². The molecule has 1 aromatic rings. The molecule has 0 unspecified atom stereocenters. The third-order valence-corrected chi connectivity index (χ3v) is 2.94. The Morgan fingerprint density at radius 3 is 2.37 bits per heavy atom. The van der Waals surface area contributed by atoms with Crippen LogP contribution in [0.15, 0.2) is 24.3 Å². The highest BCUT2D eigenvalue weighted by Gasteiger charge is 2.37. The smallest absolute Gasteiger partial charge is 0.335 e. The molecule has 4 atom stereocenters. The van der Waals surface area contributed by atoms with Crippen molar-refractivity contribution in [3.8, 4) is 0 Å². The van der Waals surface area contributed by atoms with Gasteiger partial charge in [0.2, 0.25) is 0 Å². The fourth-order valence-corrected chi connectivity index (χ4v) is 1.81. The first-order valence-electron chi connectivity index (χ1n) is 5.74. The highest BCUT2D eigenvalue weighted by molar-refractivity contribution is 5.87. The van der Waals surface area contributed by atoms with E-state index in [-0.39, 0.29) is 12.2 Å². The molecule has 0 amide bonds. The second kappa shape index (κ2) is 5.54.